The summed E-state index contributed by atoms with van der Waals surface area (Å²) < 4.78 is 2.05. The Balaban J connectivity index is 1.48. The lowest BCUT2D eigenvalue weighted by molar-refractivity contribution is 0.113. The largest absolute Gasteiger partial charge is 0.506 e. The monoisotopic (exact) mass is 414 g/mol. The Bertz CT molecular complexity index is 899. The van der Waals surface area contributed by atoms with E-state index in [0.29, 0.717) is 18.4 Å². The standard InChI is InChI=1S/C22H30N4O2S/c1-24(7-8-29-2)13-17-3-6-21-18-9-16(12-26(21)22(17)28)11-25(14-18)15-19-4-5-20(27)10-23-19/h3-6,10,16,18,27H,7-9,11-15H2,1-2H3/t16-,18+/m0/s1. The zero-order chi connectivity index (χ0) is 20.4. The maximum atomic E-state index is 13.1. The Morgan fingerprint density at radius 3 is 2.86 bits per heavy atom. The van der Waals surface area contributed by atoms with Crippen LogP contribution in [0.5, 0.6) is 5.75 Å². The lowest BCUT2D eigenvalue weighted by atomic mass is 9.83. The van der Waals surface area contributed by atoms with Gasteiger partial charge in [0.15, 0.2) is 0 Å². The molecule has 2 aliphatic rings. The quantitative estimate of drug-likeness (QED) is 0.751. The van der Waals surface area contributed by atoms with Crippen LogP contribution in [0.25, 0.3) is 0 Å². The number of fused-ring (bicyclic) bond motifs is 4. The van der Waals surface area contributed by atoms with Gasteiger partial charge in [0, 0.05) is 62.2 Å². The summed E-state index contributed by atoms with van der Waals surface area (Å²) in [5, 5.41) is 9.44. The van der Waals surface area contributed by atoms with E-state index in [0.717, 1.165) is 56.2 Å². The Hall–Kier alpha value is -1.83. The van der Waals surface area contributed by atoms with Crippen LogP contribution in [0.4, 0.5) is 0 Å². The molecule has 7 heteroatoms. The first kappa shape index (κ1) is 20.4. The van der Waals surface area contributed by atoms with E-state index in [-0.39, 0.29) is 11.3 Å². The molecule has 29 heavy (non-hydrogen) atoms. The summed E-state index contributed by atoms with van der Waals surface area (Å²) >= 11 is 1.83. The van der Waals surface area contributed by atoms with E-state index in [2.05, 4.69) is 34.2 Å². The highest BCUT2D eigenvalue weighted by atomic mass is 32.2. The molecule has 0 radical (unpaired) electrons. The molecule has 2 aromatic heterocycles. The van der Waals surface area contributed by atoms with E-state index >= 15 is 0 Å². The Kier molecular flexibility index (Phi) is 6.27. The zero-order valence-electron chi connectivity index (χ0n) is 17.3. The van der Waals surface area contributed by atoms with Crippen LogP contribution < -0.4 is 5.56 Å². The number of thioether (sulfide) groups is 1. The predicted octanol–water partition coefficient (Wildman–Crippen LogP) is 2.36. The van der Waals surface area contributed by atoms with Crippen LogP contribution in [0.3, 0.4) is 0 Å². The average Bonchev–Trinajstić information content (AvgIpc) is 2.70. The smallest absolute Gasteiger partial charge is 0.255 e. The number of nitrogens with zero attached hydrogens (tertiary/aromatic N) is 4. The molecular weight excluding hydrogens is 384 g/mol. The third-order valence-electron chi connectivity index (χ3n) is 6.07. The number of likely N-dealkylation sites (tertiary alicyclic amines) is 1. The van der Waals surface area contributed by atoms with E-state index < -0.39 is 0 Å². The van der Waals surface area contributed by atoms with E-state index in [1.165, 1.54) is 11.9 Å². The van der Waals surface area contributed by atoms with E-state index in [1.54, 1.807) is 6.07 Å². The molecule has 2 aliphatic heterocycles. The van der Waals surface area contributed by atoms with Crippen molar-refractivity contribution in [3.05, 3.63) is 57.8 Å². The van der Waals surface area contributed by atoms with E-state index in [9.17, 15) is 9.90 Å². The number of pyridine rings is 2. The van der Waals surface area contributed by atoms with Gasteiger partial charge in [-0.25, -0.2) is 0 Å². The fourth-order valence-corrected chi connectivity index (χ4v) is 5.19. The van der Waals surface area contributed by atoms with Crippen molar-refractivity contribution in [1.29, 1.82) is 0 Å². The molecule has 1 fully saturated rings. The van der Waals surface area contributed by atoms with Crippen LogP contribution in [0.15, 0.2) is 35.3 Å². The van der Waals surface area contributed by atoms with Crippen LogP contribution in [0, 0.1) is 5.92 Å². The van der Waals surface area contributed by atoms with Crippen molar-refractivity contribution in [2.24, 2.45) is 5.92 Å². The van der Waals surface area contributed by atoms with Gasteiger partial charge in [-0.05, 0) is 43.8 Å². The molecule has 1 saturated heterocycles. The molecule has 2 bridgehead atoms. The zero-order valence-corrected chi connectivity index (χ0v) is 18.1. The molecule has 0 spiro atoms. The van der Waals surface area contributed by atoms with Gasteiger partial charge < -0.3 is 14.6 Å². The predicted molar refractivity (Wildman–Crippen MR) is 117 cm³/mol. The summed E-state index contributed by atoms with van der Waals surface area (Å²) in [5.41, 5.74) is 3.26. The average molecular weight is 415 g/mol. The van der Waals surface area contributed by atoms with Crippen LogP contribution in [0.1, 0.15) is 29.3 Å². The van der Waals surface area contributed by atoms with Crippen LogP contribution in [0.2, 0.25) is 0 Å². The van der Waals surface area contributed by atoms with Gasteiger partial charge in [0.2, 0.25) is 0 Å². The second kappa shape index (κ2) is 8.90. The van der Waals surface area contributed by atoms with Gasteiger partial charge in [-0.1, -0.05) is 6.07 Å². The Morgan fingerprint density at radius 2 is 2.10 bits per heavy atom. The fraction of sp³-hybridized carbons (Fsp3) is 0.545. The molecule has 2 aromatic rings. The summed E-state index contributed by atoms with van der Waals surface area (Å²) in [4.78, 5) is 22.1. The third-order valence-corrected chi connectivity index (χ3v) is 6.66. The van der Waals surface area contributed by atoms with Gasteiger partial charge in [0.05, 0.1) is 11.9 Å². The Morgan fingerprint density at radius 1 is 1.24 bits per heavy atom. The van der Waals surface area contributed by atoms with Crippen molar-refractivity contribution in [2.45, 2.75) is 32.0 Å². The lowest BCUT2D eigenvalue weighted by Gasteiger charge is -2.43. The molecule has 0 unspecified atom stereocenters. The molecule has 156 valence electrons. The number of aromatic hydroxyl groups is 1. The topological polar surface area (TPSA) is 61.6 Å². The van der Waals surface area contributed by atoms with Crippen LogP contribution in [-0.2, 0) is 19.6 Å². The molecule has 4 heterocycles. The molecule has 0 aromatic carbocycles. The highest BCUT2D eigenvalue weighted by Gasteiger charge is 2.35. The van der Waals surface area contributed by atoms with Gasteiger partial charge in [0.1, 0.15) is 5.75 Å². The van der Waals surface area contributed by atoms with Gasteiger partial charge in [-0.3, -0.25) is 14.7 Å². The third kappa shape index (κ3) is 4.68. The maximum Gasteiger partial charge on any atom is 0.255 e. The number of rotatable bonds is 7. The lowest BCUT2D eigenvalue weighted by Crippen LogP contribution is -2.47. The summed E-state index contributed by atoms with van der Waals surface area (Å²) in [6, 6.07) is 7.81. The minimum absolute atomic E-state index is 0.196. The van der Waals surface area contributed by atoms with E-state index in [4.69, 9.17) is 0 Å². The minimum Gasteiger partial charge on any atom is -0.506 e. The number of piperidine rings is 1. The van der Waals surface area contributed by atoms with Crippen molar-refractivity contribution >= 4 is 11.8 Å². The summed E-state index contributed by atoms with van der Waals surface area (Å²) in [6.07, 6.45) is 4.78. The molecule has 0 amide bonds. The van der Waals surface area contributed by atoms with Crippen molar-refractivity contribution in [3.8, 4) is 5.75 Å². The molecule has 6 nitrogen and oxygen atoms in total. The normalized spacial score (nSPS) is 21.3. The van der Waals surface area contributed by atoms with Gasteiger partial charge >= 0.3 is 0 Å². The first-order valence-electron chi connectivity index (χ1n) is 10.3. The highest BCUT2D eigenvalue weighted by molar-refractivity contribution is 7.98. The molecular formula is C22H30N4O2S. The molecule has 2 atom stereocenters. The number of aromatic nitrogens is 2. The van der Waals surface area contributed by atoms with Crippen LogP contribution in [-0.4, -0.2) is 63.1 Å². The number of hydrogen-bond donors (Lipinski definition) is 1. The van der Waals surface area contributed by atoms with Crippen molar-refractivity contribution < 1.29 is 5.11 Å². The summed E-state index contributed by atoms with van der Waals surface area (Å²) in [6.45, 7) is 5.25. The molecule has 0 aliphatic carbocycles. The minimum atomic E-state index is 0.196. The first-order chi connectivity index (χ1) is 14.0. The second-order valence-corrected chi connectivity index (χ2v) is 9.42. The van der Waals surface area contributed by atoms with Crippen molar-refractivity contribution in [3.63, 3.8) is 0 Å². The van der Waals surface area contributed by atoms with Crippen LogP contribution >= 0.6 is 11.8 Å². The van der Waals surface area contributed by atoms with Gasteiger partial charge in [-0.15, -0.1) is 0 Å². The Labute approximate surface area is 176 Å². The molecule has 4 rings (SSSR count). The summed E-state index contributed by atoms with van der Waals surface area (Å²) in [7, 11) is 2.09. The van der Waals surface area contributed by atoms with Crippen molar-refractivity contribution in [1.82, 2.24) is 19.4 Å². The molecule has 1 N–H and O–H groups in total. The van der Waals surface area contributed by atoms with E-state index in [1.807, 2.05) is 28.5 Å². The second-order valence-electron chi connectivity index (χ2n) is 8.43. The number of hydrogen-bond acceptors (Lipinski definition) is 6. The SMILES string of the molecule is CSCCN(C)Cc1ccc2n(c1=O)C[C@H]1C[C@@H]2CN(Cc2ccc(O)cn2)C1. The summed E-state index contributed by atoms with van der Waals surface area (Å²) in [5.74, 6) is 2.18. The maximum absolute atomic E-state index is 13.1. The van der Waals surface area contributed by atoms with Gasteiger partial charge in [0.25, 0.3) is 5.56 Å². The first-order valence-corrected chi connectivity index (χ1v) is 11.7. The van der Waals surface area contributed by atoms with Crippen molar-refractivity contribution in [2.75, 3.05) is 38.7 Å². The fourth-order valence-electron chi connectivity index (χ4n) is 4.70. The van der Waals surface area contributed by atoms with Gasteiger partial charge in [-0.2, -0.15) is 11.8 Å². The molecule has 0 saturated carbocycles. The highest BCUT2D eigenvalue weighted by Crippen LogP contribution is 2.35.